The second kappa shape index (κ2) is 7.77. The standard InChI is InChI=1S/C19H21N5O2/c1-4-24(5-2)19(25)15-12-16(21-17-11-13(3)26-23-17)22-18(20-15)14-9-7-6-8-10-14/h6-12H,4-5H2,1-3H3,(H,20,21,22,23). The molecule has 0 saturated carbocycles. The zero-order valence-electron chi connectivity index (χ0n) is 15.1. The molecule has 0 unspecified atom stereocenters. The minimum atomic E-state index is -0.131. The van der Waals surface area contributed by atoms with Gasteiger partial charge in [0.15, 0.2) is 11.6 Å². The smallest absolute Gasteiger partial charge is 0.272 e. The number of rotatable bonds is 6. The number of aromatic nitrogens is 3. The topological polar surface area (TPSA) is 84.2 Å². The first-order valence-corrected chi connectivity index (χ1v) is 8.54. The van der Waals surface area contributed by atoms with Gasteiger partial charge in [0.2, 0.25) is 0 Å². The Morgan fingerprint density at radius 1 is 1.08 bits per heavy atom. The first-order chi connectivity index (χ1) is 12.6. The Morgan fingerprint density at radius 3 is 2.42 bits per heavy atom. The Morgan fingerprint density at radius 2 is 1.81 bits per heavy atom. The van der Waals surface area contributed by atoms with Crippen molar-refractivity contribution in [1.82, 2.24) is 20.0 Å². The number of carbonyl (C=O) groups excluding carboxylic acids is 1. The van der Waals surface area contributed by atoms with E-state index in [0.717, 1.165) is 5.56 Å². The second-order valence-corrected chi connectivity index (χ2v) is 5.75. The first kappa shape index (κ1) is 17.6. The molecule has 0 aliphatic heterocycles. The largest absolute Gasteiger partial charge is 0.360 e. The summed E-state index contributed by atoms with van der Waals surface area (Å²) < 4.78 is 5.07. The zero-order chi connectivity index (χ0) is 18.5. The third kappa shape index (κ3) is 3.88. The Bertz CT molecular complexity index is 888. The molecule has 7 heteroatoms. The molecule has 2 heterocycles. The Hall–Kier alpha value is -3.22. The van der Waals surface area contributed by atoms with Gasteiger partial charge in [-0.15, -0.1) is 0 Å². The molecule has 134 valence electrons. The molecule has 0 atom stereocenters. The van der Waals surface area contributed by atoms with E-state index in [1.807, 2.05) is 51.1 Å². The number of anilines is 2. The van der Waals surface area contributed by atoms with Crippen LogP contribution in [0.25, 0.3) is 11.4 Å². The van der Waals surface area contributed by atoms with Crippen molar-refractivity contribution >= 4 is 17.5 Å². The first-order valence-electron chi connectivity index (χ1n) is 8.54. The molecule has 0 bridgehead atoms. The van der Waals surface area contributed by atoms with Crippen molar-refractivity contribution in [3.05, 3.63) is 53.9 Å². The van der Waals surface area contributed by atoms with Gasteiger partial charge in [0.05, 0.1) is 0 Å². The highest BCUT2D eigenvalue weighted by molar-refractivity contribution is 5.93. The minimum Gasteiger partial charge on any atom is -0.360 e. The van der Waals surface area contributed by atoms with Gasteiger partial charge in [0.25, 0.3) is 5.91 Å². The predicted molar refractivity (Wildman–Crippen MR) is 99.2 cm³/mol. The molecule has 0 aliphatic rings. The number of hydrogen-bond acceptors (Lipinski definition) is 6. The number of carbonyl (C=O) groups is 1. The molecule has 7 nitrogen and oxygen atoms in total. The van der Waals surface area contributed by atoms with E-state index in [2.05, 4.69) is 20.4 Å². The molecule has 0 saturated heterocycles. The van der Waals surface area contributed by atoms with Gasteiger partial charge in [0, 0.05) is 30.8 Å². The maximum absolute atomic E-state index is 12.8. The third-order valence-electron chi connectivity index (χ3n) is 3.91. The molecule has 1 aromatic carbocycles. The van der Waals surface area contributed by atoms with Gasteiger partial charge < -0.3 is 14.7 Å². The van der Waals surface area contributed by atoms with Gasteiger partial charge >= 0.3 is 0 Å². The van der Waals surface area contributed by atoms with Crippen LogP contribution in [0.4, 0.5) is 11.6 Å². The van der Waals surface area contributed by atoms with Crippen LogP contribution in [-0.4, -0.2) is 39.0 Å². The lowest BCUT2D eigenvalue weighted by atomic mass is 10.2. The third-order valence-corrected chi connectivity index (χ3v) is 3.91. The molecule has 1 N–H and O–H groups in total. The van der Waals surface area contributed by atoms with E-state index in [1.54, 1.807) is 17.0 Å². The van der Waals surface area contributed by atoms with Crippen LogP contribution in [-0.2, 0) is 0 Å². The van der Waals surface area contributed by atoms with Crippen LogP contribution in [0, 0.1) is 6.92 Å². The molecule has 0 fully saturated rings. The lowest BCUT2D eigenvalue weighted by molar-refractivity contribution is 0.0767. The van der Waals surface area contributed by atoms with Crippen molar-refractivity contribution in [2.24, 2.45) is 0 Å². The molecule has 0 aliphatic carbocycles. The Balaban J connectivity index is 2.03. The number of aryl methyl sites for hydroxylation is 1. The van der Waals surface area contributed by atoms with E-state index in [4.69, 9.17) is 4.52 Å². The molecular weight excluding hydrogens is 330 g/mol. The van der Waals surface area contributed by atoms with Gasteiger partial charge in [-0.25, -0.2) is 9.97 Å². The molecule has 1 amide bonds. The summed E-state index contributed by atoms with van der Waals surface area (Å²) in [7, 11) is 0. The molecule has 2 aromatic heterocycles. The number of benzene rings is 1. The van der Waals surface area contributed by atoms with Gasteiger partial charge in [-0.2, -0.15) is 0 Å². The van der Waals surface area contributed by atoms with Crippen molar-refractivity contribution in [3.8, 4) is 11.4 Å². The van der Waals surface area contributed by atoms with Gasteiger partial charge in [-0.05, 0) is 20.8 Å². The van der Waals surface area contributed by atoms with E-state index in [1.165, 1.54) is 0 Å². The fourth-order valence-electron chi connectivity index (χ4n) is 2.57. The summed E-state index contributed by atoms with van der Waals surface area (Å²) in [6, 6.07) is 13.0. The van der Waals surface area contributed by atoms with E-state index < -0.39 is 0 Å². The average Bonchev–Trinajstić information content (AvgIpc) is 3.07. The summed E-state index contributed by atoms with van der Waals surface area (Å²) in [6.07, 6.45) is 0. The fraction of sp³-hybridized carbons (Fsp3) is 0.263. The fourth-order valence-corrected chi connectivity index (χ4v) is 2.57. The SMILES string of the molecule is CCN(CC)C(=O)c1cc(Nc2cc(C)on2)nc(-c2ccccc2)n1. The summed E-state index contributed by atoms with van der Waals surface area (Å²) in [5.74, 6) is 2.05. The van der Waals surface area contributed by atoms with Crippen LogP contribution >= 0.6 is 0 Å². The molecule has 3 rings (SSSR count). The highest BCUT2D eigenvalue weighted by Crippen LogP contribution is 2.21. The summed E-state index contributed by atoms with van der Waals surface area (Å²) in [6.45, 7) is 6.93. The predicted octanol–water partition coefficient (Wildman–Crippen LogP) is 3.67. The second-order valence-electron chi connectivity index (χ2n) is 5.75. The number of hydrogen-bond donors (Lipinski definition) is 1. The lowest BCUT2D eigenvalue weighted by Gasteiger charge is -2.18. The zero-order valence-corrected chi connectivity index (χ0v) is 15.1. The van der Waals surface area contributed by atoms with E-state index in [0.29, 0.717) is 42.0 Å². The summed E-state index contributed by atoms with van der Waals surface area (Å²) in [5.41, 5.74) is 1.17. The Kier molecular flexibility index (Phi) is 5.26. The van der Waals surface area contributed by atoms with Crippen LogP contribution in [0.3, 0.4) is 0 Å². The van der Waals surface area contributed by atoms with Gasteiger partial charge in [-0.3, -0.25) is 4.79 Å². The molecule has 0 spiro atoms. The van der Waals surface area contributed by atoms with E-state index in [9.17, 15) is 4.79 Å². The number of amides is 1. The highest BCUT2D eigenvalue weighted by atomic mass is 16.5. The quantitative estimate of drug-likeness (QED) is 0.729. The van der Waals surface area contributed by atoms with E-state index >= 15 is 0 Å². The maximum atomic E-state index is 12.8. The summed E-state index contributed by atoms with van der Waals surface area (Å²) in [5, 5.41) is 6.99. The normalized spacial score (nSPS) is 10.6. The molecule has 26 heavy (non-hydrogen) atoms. The van der Waals surface area contributed by atoms with Gasteiger partial charge in [-0.1, -0.05) is 35.5 Å². The van der Waals surface area contributed by atoms with Crippen LogP contribution in [0.2, 0.25) is 0 Å². The number of nitrogens with zero attached hydrogens (tertiary/aromatic N) is 4. The highest BCUT2D eigenvalue weighted by Gasteiger charge is 2.18. The number of nitrogens with one attached hydrogen (secondary N) is 1. The maximum Gasteiger partial charge on any atom is 0.272 e. The van der Waals surface area contributed by atoms with Crippen LogP contribution in [0.15, 0.2) is 47.0 Å². The van der Waals surface area contributed by atoms with Crippen molar-refractivity contribution < 1.29 is 9.32 Å². The Labute approximate surface area is 152 Å². The lowest BCUT2D eigenvalue weighted by Crippen LogP contribution is -2.31. The monoisotopic (exact) mass is 351 g/mol. The van der Waals surface area contributed by atoms with Crippen LogP contribution in [0.1, 0.15) is 30.1 Å². The van der Waals surface area contributed by atoms with E-state index in [-0.39, 0.29) is 5.91 Å². The van der Waals surface area contributed by atoms with Crippen molar-refractivity contribution in [3.63, 3.8) is 0 Å². The molecule has 0 radical (unpaired) electrons. The van der Waals surface area contributed by atoms with Crippen LogP contribution < -0.4 is 5.32 Å². The van der Waals surface area contributed by atoms with Crippen LogP contribution in [0.5, 0.6) is 0 Å². The summed E-state index contributed by atoms with van der Waals surface area (Å²) >= 11 is 0. The minimum absolute atomic E-state index is 0.131. The average molecular weight is 351 g/mol. The van der Waals surface area contributed by atoms with Gasteiger partial charge in [0.1, 0.15) is 17.3 Å². The van der Waals surface area contributed by atoms with Crippen molar-refractivity contribution in [2.75, 3.05) is 18.4 Å². The molecule has 3 aromatic rings. The van der Waals surface area contributed by atoms with Crippen molar-refractivity contribution in [2.45, 2.75) is 20.8 Å². The van der Waals surface area contributed by atoms with Crippen molar-refractivity contribution in [1.29, 1.82) is 0 Å². The summed E-state index contributed by atoms with van der Waals surface area (Å²) in [4.78, 5) is 23.5. The molecular formula is C19H21N5O2.